The lowest BCUT2D eigenvalue weighted by atomic mass is 10.4. The van der Waals surface area contributed by atoms with Crippen molar-refractivity contribution in [1.29, 1.82) is 5.26 Å². The summed E-state index contributed by atoms with van der Waals surface area (Å²) in [5.41, 5.74) is 0. The van der Waals surface area contributed by atoms with E-state index in [2.05, 4.69) is 4.72 Å². The Labute approximate surface area is 101 Å². The minimum Gasteiger partial charge on any atom is -0.207 e. The molecular weight excluding hydrogens is 279 g/mol. The lowest BCUT2D eigenvalue weighted by molar-refractivity contribution is 0.577. The summed E-state index contributed by atoms with van der Waals surface area (Å²) in [6.07, 6.45) is 0. The number of nitrogens with one attached hydrogen (secondary N) is 1. The van der Waals surface area contributed by atoms with E-state index < -0.39 is 16.1 Å². The molecule has 0 aliphatic carbocycles. The summed E-state index contributed by atoms with van der Waals surface area (Å²) in [6, 6.07) is 2.19. The third-order valence-corrected chi connectivity index (χ3v) is 4.73. The number of hydrogen-bond acceptors (Lipinski definition) is 4. The standard InChI is InChI=1S/C7H6Cl2N2O2S2/c1-4(3-10)11-15(12,13)5-2-6(8)14-7(5)9/h2,4,11H,1H3. The number of halogens is 2. The highest BCUT2D eigenvalue weighted by molar-refractivity contribution is 7.89. The fraction of sp³-hybridized carbons (Fsp3) is 0.286. The maximum absolute atomic E-state index is 11.6. The quantitative estimate of drug-likeness (QED) is 0.925. The molecule has 1 aromatic heterocycles. The SMILES string of the molecule is CC(C#N)NS(=O)(=O)c1cc(Cl)sc1Cl. The van der Waals surface area contributed by atoms with Crippen LogP contribution in [0.5, 0.6) is 0 Å². The second-order valence-corrected chi connectivity index (χ2v) is 6.63. The normalized spacial score (nSPS) is 13.5. The molecule has 0 spiro atoms. The zero-order valence-corrected chi connectivity index (χ0v) is 10.6. The van der Waals surface area contributed by atoms with Crippen LogP contribution in [0.1, 0.15) is 6.92 Å². The van der Waals surface area contributed by atoms with Gasteiger partial charge in [-0.3, -0.25) is 0 Å². The minimum atomic E-state index is -3.76. The van der Waals surface area contributed by atoms with Crippen LogP contribution < -0.4 is 4.72 Å². The van der Waals surface area contributed by atoms with Crippen LogP contribution >= 0.6 is 34.5 Å². The van der Waals surface area contributed by atoms with Crippen LogP contribution in [0.2, 0.25) is 8.67 Å². The topological polar surface area (TPSA) is 70.0 Å². The van der Waals surface area contributed by atoms with E-state index in [4.69, 9.17) is 28.5 Å². The summed E-state index contributed by atoms with van der Waals surface area (Å²) in [4.78, 5) is -0.0960. The number of thiophene rings is 1. The Kier molecular flexibility index (Phi) is 3.98. The second-order valence-electron chi connectivity index (χ2n) is 2.66. The van der Waals surface area contributed by atoms with Gasteiger partial charge in [-0.15, -0.1) is 11.3 Å². The Morgan fingerprint density at radius 3 is 2.60 bits per heavy atom. The fourth-order valence-corrected chi connectivity index (χ4v) is 4.13. The molecule has 0 aromatic carbocycles. The van der Waals surface area contributed by atoms with E-state index >= 15 is 0 Å². The van der Waals surface area contributed by atoms with Gasteiger partial charge in [0.25, 0.3) is 0 Å². The number of nitrogens with zero attached hydrogens (tertiary/aromatic N) is 1. The molecule has 0 saturated carbocycles. The van der Waals surface area contributed by atoms with Gasteiger partial charge < -0.3 is 0 Å². The van der Waals surface area contributed by atoms with E-state index in [1.54, 1.807) is 6.07 Å². The minimum absolute atomic E-state index is 0.0811. The van der Waals surface area contributed by atoms with E-state index in [-0.39, 0.29) is 13.6 Å². The highest BCUT2D eigenvalue weighted by atomic mass is 35.5. The van der Waals surface area contributed by atoms with Crippen molar-refractivity contribution in [2.45, 2.75) is 17.9 Å². The van der Waals surface area contributed by atoms with Gasteiger partial charge in [0.05, 0.1) is 10.4 Å². The smallest absolute Gasteiger partial charge is 0.207 e. The molecule has 0 bridgehead atoms. The van der Waals surface area contributed by atoms with Gasteiger partial charge in [0.15, 0.2) is 0 Å². The number of nitriles is 1. The van der Waals surface area contributed by atoms with Gasteiger partial charge in [-0.25, -0.2) is 8.42 Å². The van der Waals surface area contributed by atoms with Crippen molar-refractivity contribution < 1.29 is 8.42 Å². The predicted molar refractivity (Wildman–Crippen MR) is 59.7 cm³/mol. The maximum atomic E-state index is 11.6. The highest BCUT2D eigenvalue weighted by Crippen LogP contribution is 2.34. The first-order valence-corrected chi connectivity index (χ1v) is 6.79. The van der Waals surface area contributed by atoms with Gasteiger partial charge in [-0.1, -0.05) is 23.2 Å². The average molecular weight is 285 g/mol. The van der Waals surface area contributed by atoms with Crippen molar-refractivity contribution >= 4 is 44.6 Å². The Bertz CT molecular complexity index is 504. The monoisotopic (exact) mass is 284 g/mol. The van der Waals surface area contributed by atoms with E-state index in [0.29, 0.717) is 0 Å². The molecule has 0 aliphatic rings. The van der Waals surface area contributed by atoms with Crippen molar-refractivity contribution in [3.8, 4) is 6.07 Å². The van der Waals surface area contributed by atoms with E-state index in [1.165, 1.54) is 13.0 Å². The van der Waals surface area contributed by atoms with Crippen molar-refractivity contribution in [3.05, 3.63) is 14.7 Å². The molecule has 82 valence electrons. The molecule has 0 aliphatic heterocycles. The highest BCUT2D eigenvalue weighted by Gasteiger charge is 2.22. The third-order valence-electron chi connectivity index (χ3n) is 1.44. The van der Waals surface area contributed by atoms with E-state index in [1.807, 2.05) is 0 Å². The second kappa shape index (κ2) is 4.68. The van der Waals surface area contributed by atoms with Crippen LogP contribution in [0.4, 0.5) is 0 Å². The van der Waals surface area contributed by atoms with Crippen molar-refractivity contribution in [1.82, 2.24) is 4.72 Å². The molecule has 1 heterocycles. The number of rotatable bonds is 3. The fourth-order valence-electron chi connectivity index (χ4n) is 0.831. The van der Waals surface area contributed by atoms with E-state index in [9.17, 15) is 8.42 Å². The van der Waals surface area contributed by atoms with Crippen LogP contribution in [0, 0.1) is 11.3 Å². The van der Waals surface area contributed by atoms with Crippen LogP contribution in [0.15, 0.2) is 11.0 Å². The van der Waals surface area contributed by atoms with Gasteiger partial charge in [-0.05, 0) is 13.0 Å². The summed E-state index contributed by atoms with van der Waals surface area (Å²) in [7, 11) is -3.76. The van der Waals surface area contributed by atoms with Crippen molar-refractivity contribution in [2.75, 3.05) is 0 Å². The molecule has 1 N–H and O–H groups in total. The maximum Gasteiger partial charge on any atom is 0.244 e. The van der Waals surface area contributed by atoms with Crippen LogP contribution in [0.25, 0.3) is 0 Å². The Hall–Kier alpha value is -0.320. The first kappa shape index (κ1) is 12.7. The van der Waals surface area contributed by atoms with E-state index in [0.717, 1.165) is 11.3 Å². The Morgan fingerprint density at radius 1 is 1.60 bits per heavy atom. The molecule has 1 rings (SSSR count). The lowest BCUT2D eigenvalue weighted by Gasteiger charge is -2.05. The summed E-state index contributed by atoms with van der Waals surface area (Å²) >= 11 is 12.3. The first-order chi connectivity index (χ1) is 6.86. The van der Waals surface area contributed by atoms with Crippen LogP contribution in [-0.4, -0.2) is 14.5 Å². The molecule has 15 heavy (non-hydrogen) atoms. The molecule has 0 radical (unpaired) electrons. The van der Waals surface area contributed by atoms with Crippen molar-refractivity contribution in [3.63, 3.8) is 0 Å². The zero-order chi connectivity index (χ0) is 11.6. The molecule has 1 unspecified atom stereocenters. The number of sulfonamides is 1. The van der Waals surface area contributed by atoms with Gasteiger partial charge in [0, 0.05) is 0 Å². The predicted octanol–water partition coefficient (Wildman–Crippen LogP) is 2.25. The molecule has 0 saturated heterocycles. The molecule has 0 amide bonds. The Balaban J connectivity index is 3.08. The summed E-state index contributed by atoms with van der Waals surface area (Å²) in [6.45, 7) is 1.43. The van der Waals surface area contributed by atoms with Crippen LogP contribution in [0.3, 0.4) is 0 Å². The molecule has 8 heteroatoms. The summed E-state index contributed by atoms with van der Waals surface area (Å²) in [5.74, 6) is 0. The van der Waals surface area contributed by atoms with Crippen LogP contribution in [-0.2, 0) is 10.0 Å². The third kappa shape index (κ3) is 3.06. The molecule has 1 atom stereocenters. The zero-order valence-electron chi connectivity index (χ0n) is 7.49. The van der Waals surface area contributed by atoms with Gasteiger partial charge in [0.1, 0.15) is 15.3 Å². The first-order valence-electron chi connectivity index (χ1n) is 3.73. The molecule has 1 aromatic rings. The molecular formula is C7H6Cl2N2O2S2. The van der Waals surface area contributed by atoms with Crippen molar-refractivity contribution in [2.24, 2.45) is 0 Å². The van der Waals surface area contributed by atoms with Gasteiger partial charge in [0.2, 0.25) is 10.0 Å². The lowest BCUT2D eigenvalue weighted by Crippen LogP contribution is -2.31. The average Bonchev–Trinajstić information content (AvgIpc) is 2.45. The molecule has 0 fully saturated rings. The largest absolute Gasteiger partial charge is 0.244 e. The van der Waals surface area contributed by atoms with Gasteiger partial charge >= 0.3 is 0 Å². The summed E-state index contributed by atoms with van der Waals surface area (Å²) in [5, 5.41) is 8.49. The molecule has 4 nitrogen and oxygen atoms in total. The number of hydrogen-bond donors (Lipinski definition) is 1. The summed E-state index contributed by atoms with van der Waals surface area (Å²) < 4.78 is 25.8. The Morgan fingerprint density at radius 2 is 2.20 bits per heavy atom. The van der Waals surface area contributed by atoms with Gasteiger partial charge in [-0.2, -0.15) is 9.98 Å².